The highest BCUT2D eigenvalue weighted by Gasteiger charge is 2.12. The molecule has 19 heavy (non-hydrogen) atoms. The Morgan fingerprint density at radius 2 is 2.00 bits per heavy atom. The van der Waals surface area contributed by atoms with Crippen molar-refractivity contribution in [2.45, 2.75) is 0 Å². The van der Waals surface area contributed by atoms with E-state index in [1.807, 2.05) is 24.4 Å². The fraction of sp³-hybridized carbons (Fsp3) is 0.500. The van der Waals surface area contributed by atoms with Crippen molar-refractivity contribution in [2.75, 3.05) is 46.2 Å². The number of ether oxygens (including phenoxy) is 3. The van der Waals surface area contributed by atoms with Gasteiger partial charge in [0.25, 0.3) is 0 Å². The average molecular weight is 262 g/mol. The quantitative estimate of drug-likeness (QED) is 0.764. The van der Waals surface area contributed by atoms with E-state index < -0.39 is 0 Å². The van der Waals surface area contributed by atoms with Gasteiger partial charge in [-0.05, 0) is 23.8 Å². The van der Waals surface area contributed by atoms with E-state index in [-0.39, 0.29) is 0 Å². The molecule has 0 aromatic heterocycles. The van der Waals surface area contributed by atoms with E-state index in [2.05, 4.69) is 9.89 Å². The fourth-order valence-corrected chi connectivity index (χ4v) is 2.19. The molecule has 2 aliphatic heterocycles. The van der Waals surface area contributed by atoms with Crippen molar-refractivity contribution in [2.24, 2.45) is 4.99 Å². The molecule has 1 aromatic carbocycles. The van der Waals surface area contributed by atoms with E-state index >= 15 is 0 Å². The molecule has 0 spiro atoms. The summed E-state index contributed by atoms with van der Waals surface area (Å²) in [7, 11) is 0. The molecule has 1 aromatic rings. The summed E-state index contributed by atoms with van der Waals surface area (Å²) < 4.78 is 15.9. The van der Waals surface area contributed by atoms with Crippen LogP contribution in [-0.4, -0.2) is 57.3 Å². The molecule has 1 fully saturated rings. The second kappa shape index (κ2) is 6.04. The predicted octanol–water partition coefficient (Wildman–Crippen LogP) is 1.17. The Balaban J connectivity index is 1.49. The van der Waals surface area contributed by atoms with Gasteiger partial charge in [0.2, 0.25) is 6.79 Å². The third-order valence-electron chi connectivity index (χ3n) is 3.29. The minimum absolute atomic E-state index is 0.312. The Bertz CT molecular complexity index is 456. The number of morpholine rings is 1. The number of nitrogens with zero attached hydrogens (tertiary/aromatic N) is 2. The minimum atomic E-state index is 0.312. The van der Waals surface area contributed by atoms with E-state index in [9.17, 15) is 0 Å². The van der Waals surface area contributed by atoms with Crippen LogP contribution in [0.4, 0.5) is 0 Å². The van der Waals surface area contributed by atoms with Crippen LogP contribution in [0.1, 0.15) is 5.56 Å². The first-order valence-electron chi connectivity index (χ1n) is 6.61. The van der Waals surface area contributed by atoms with Crippen LogP contribution in [0, 0.1) is 0 Å². The fourth-order valence-electron chi connectivity index (χ4n) is 2.19. The first kappa shape index (κ1) is 12.4. The van der Waals surface area contributed by atoms with Gasteiger partial charge in [-0.3, -0.25) is 9.89 Å². The molecule has 2 heterocycles. The molecule has 0 atom stereocenters. The van der Waals surface area contributed by atoms with Crippen LogP contribution in [0.2, 0.25) is 0 Å². The van der Waals surface area contributed by atoms with Crippen LogP contribution >= 0.6 is 0 Å². The number of rotatable bonds is 4. The summed E-state index contributed by atoms with van der Waals surface area (Å²) in [6.07, 6.45) is 1.89. The third-order valence-corrected chi connectivity index (χ3v) is 3.29. The average Bonchev–Trinajstić information content (AvgIpc) is 2.92. The lowest BCUT2D eigenvalue weighted by molar-refractivity contribution is 0.0395. The van der Waals surface area contributed by atoms with Crippen molar-refractivity contribution in [1.29, 1.82) is 0 Å². The van der Waals surface area contributed by atoms with Gasteiger partial charge in [-0.2, -0.15) is 0 Å². The molecule has 5 heteroatoms. The van der Waals surface area contributed by atoms with E-state index in [1.54, 1.807) is 0 Å². The monoisotopic (exact) mass is 262 g/mol. The van der Waals surface area contributed by atoms with Gasteiger partial charge >= 0.3 is 0 Å². The lowest BCUT2D eigenvalue weighted by Gasteiger charge is -2.25. The van der Waals surface area contributed by atoms with Crippen LogP contribution in [0.3, 0.4) is 0 Å². The van der Waals surface area contributed by atoms with Crippen LogP contribution < -0.4 is 9.47 Å². The maximum Gasteiger partial charge on any atom is 0.231 e. The zero-order chi connectivity index (χ0) is 12.9. The first-order valence-corrected chi connectivity index (χ1v) is 6.61. The van der Waals surface area contributed by atoms with Crippen molar-refractivity contribution >= 4 is 6.21 Å². The number of fused-ring (bicyclic) bond motifs is 1. The van der Waals surface area contributed by atoms with Gasteiger partial charge in [0.15, 0.2) is 11.5 Å². The molecule has 5 nitrogen and oxygen atoms in total. The summed E-state index contributed by atoms with van der Waals surface area (Å²) in [5, 5.41) is 0. The smallest absolute Gasteiger partial charge is 0.231 e. The van der Waals surface area contributed by atoms with E-state index in [4.69, 9.17) is 14.2 Å². The first-order chi connectivity index (χ1) is 9.42. The number of benzene rings is 1. The van der Waals surface area contributed by atoms with Gasteiger partial charge in [0.05, 0.1) is 19.8 Å². The van der Waals surface area contributed by atoms with Gasteiger partial charge < -0.3 is 14.2 Å². The SMILES string of the molecule is C(=NCCN1CCOCC1)c1ccc2c(c1)OCO2. The molecule has 0 unspecified atom stereocenters. The van der Waals surface area contributed by atoms with Gasteiger partial charge in [0.1, 0.15) is 0 Å². The molecule has 0 saturated carbocycles. The van der Waals surface area contributed by atoms with Crippen molar-refractivity contribution in [3.05, 3.63) is 23.8 Å². The predicted molar refractivity (Wildman–Crippen MR) is 72.3 cm³/mol. The van der Waals surface area contributed by atoms with Gasteiger partial charge in [-0.15, -0.1) is 0 Å². The van der Waals surface area contributed by atoms with Crippen molar-refractivity contribution in [3.8, 4) is 11.5 Å². The largest absolute Gasteiger partial charge is 0.454 e. The highest BCUT2D eigenvalue weighted by atomic mass is 16.7. The molecule has 2 aliphatic rings. The Labute approximate surface area is 112 Å². The summed E-state index contributed by atoms with van der Waals surface area (Å²) in [6, 6.07) is 5.87. The van der Waals surface area contributed by atoms with Crippen molar-refractivity contribution in [1.82, 2.24) is 4.90 Å². The van der Waals surface area contributed by atoms with Crippen LogP contribution in [0.15, 0.2) is 23.2 Å². The highest BCUT2D eigenvalue weighted by molar-refractivity contribution is 5.81. The third kappa shape index (κ3) is 3.24. The summed E-state index contributed by atoms with van der Waals surface area (Å²) in [5.74, 6) is 1.61. The van der Waals surface area contributed by atoms with E-state index in [0.717, 1.165) is 56.5 Å². The van der Waals surface area contributed by atoms with Gasteiger partial charge in [-0.25, -0.2) is 0 Å². The molecule has 1 saturated heterocycles. The highest BCUT2D eigenvalue weighted by Crippen LogP contribution is 2.31. The summed E-state index contributed by atoms with van der Waals surface area (Å²) >= 11 is 0. The molecule has 3 rings (SSSR count). The molecule has 0 aliphatic carbocycles. The Hall–Kier alpha value is -1.59. The second-order valence-electron chi connectivity index (χ2n) is 4.60. The van der Waals surface area contributed by atoms with E-state index in [1.165, 1.54) is 0 Å². The number of aliphatic imine (C=N–C) groups is 1. The molecular weight excluding hydrogens is 244 g/mol. The zero-order valence-electron chi connectivity index (χ0n) is 10.9. The molecule has 0 N–H and O–H groups in total. The van der Waals surface area contributed by atoms with Gasteiger partial charge in [-0.1, -0.05) is 0 Å². The normalized spacial score (nSPS) is 19.2. The summed E-state index contributed by atoms with van der Waals surface area (Å²) in [6.45, 7) is 5.82. The van der Waals surface area contributed by atoms with Crippen LogP contribution in [0.5, 0.6) is 11.5 Å². The van der Waals surface area contributed by atoms with Crippen molar-refractivity contribution in [3.63, 3.8) is 0 Å². The van der Waals surface area contributed by atoms with Crippen LogP contribution in [-0.2, 0) is 4.74 Å². The Kier molecular flexibility index (Phi) is 3.95. The lowest BCUT2D eigenvalue weighted by Crippen LogP contribution is -2.37. The molecule has 102 valence electrons. The Morgan fingerprint density at radius 3 is 2.89 bits per heavy atom. The number of hydrogen-bond donors (Lipinski definition) is 0. The standard InChI is InChI=1S/C14H18N2O3/c1-2-13-14(19-11-18-13)9-12(1)10-15-3-4-16-5-7-17-8-6-16/h1-2,9-10H,3-8,11H2. The van der Waals surface area contributed by atoms with Crippen molar-refractivity contribution < 1.29 is 14.2 Å². The topological polar surface area (TPSA) is 43.3 Å². The van der Waals surface area contributed by atoms with Crippen LogP contribution in [0.25, 0.3) is 0 Å². The summed E-state index contributed by atoms with van der Waals surface area (Å²) in [5.41, 5.74) is 1.05. The second-order valence-corrected chi connectivity index (χ2v) is 4.60. The maximum absolute atomic E-state index is 5.33. The van der Waals surface area contributed by atoms with E-state index in [0.29, 0.717) is 6.79 Å². The molecule has 0 amide bonds. The maximum atomic E-state index is 5.33. The Morgan fingerprint density at radius 1 is 1.16 bits per heavy atom. The zero-order valence-corrected chi connectivity index (χ0v) is 10.9. The minimum Gasteiger partial charge on any atom is -0.454 e. The van der Waals surface area contributed by atoms with Gasteiger partial charge in [0, 0.05) is 25.8 Å². The summed E-state index contributed by atoms with van der Waals surface area (Å²) in [4.78, 5) is 6.83. The molecule has 0 radical (unpaired) electrons. The number of hydrogen-bond acceptors (Lipinski definition) is 5. The molecular formula is C14H18N2O3. The lowest BCUT2D eigenvalue weighted by atomic mass is 10.2. The molecule has 0 bridgehead atoms.